The van der Waals surface area contributed by atoms with E-state index in [1.54, 1.807) is 18.0 Å². The minimum atomic E-state index is -0.572. The van der Waals surface area contributed by atoms with E-state index in [0.29, 0.717) is 0 Å². The Morgan fingerprint density at radius 2 is 2.05 bits per heavy atom. The number of nitro benzene ring substituents is 1. The molecule has 0 radical (unpaired) electrons. The van der Waals surface area contributed by atoms with Crippen LogP contribution < -0.4 is 11.3 Å². The van der Waals surface area contributed by atoms with Gasteiger partial charge in [0.05, 0.1) is 4.92 Å². The monoisotopic (exact) mass is 292 g/mol. The normalized spacial score (nSPS) is 15.5. The van der Waals surface area contributed by atoms with Crippen LogP contribution in [-0.2, 0) is 0 Å². The molecule has 1 fully saturated rings. The van der Waals surface area contributed by atoms with Gasteiger partial charge in [-0.25, -0.2) is 0 Å². The van der Waals surface area contributed by atoms with E-state index in [2.05, 4.69) is 5.43 Å². The third kappa shape index (κ3) is 3.13. The molecule has 0 aromatic heterocycles. The van der Waals surface area contributed by atoms with Crippen LogP contribution in [-0.4, -0.2) is 28.8 Å². The first-order valence-corrected chi connectivity index (χ1v) is 7.07. The maximum Gasteiger partial charge on any atom is 0.306 e. The summed E-state index contributed by atoms with van der Waals surface area (Å²) in [5, 5.41) is 11.2. The highest BCUT2D eigenvalue weighted by Gasteiger charge is 2.29. The molecule has 1 aliphatic carbocycles. The van der Waals surface area contributed by atoms with E-state index in [0.717, 1.165) is 25.7 Å². The van der Waals surface area contributed by atoms with E-state index in [-0.39, 0.29) is 28.9 Å². The number of benzene rings is 1. The lowest BCUT2D eigenvalue weighted by Gasteiger charge is -2.31. The highest BCUT2D eigenvalue weighted by Crippen LogP contribution is 2.30. The summed E-state index contributed by atoms with van der Waals surface area (Å²) in [7, 11) is 1.71. The fourth-order valence-electron chi connectivity index (χ4n) is 2.85. The van der Waals surface area contributed by atoms with Crippen molar-refractivity contribution in [3.8, 4) is 0 Å². The van der Waals surface area contributed by atoms with Gasteiger partial charge in [-0.1, -0.05) is 25.3 Å². The number of nitrogens with one attached hydrogen (secondary N) is 1. The molecular formula is C14H20N4O3. The topological polar surface area (TPSA) is 102 Å². The number of hydrogen-bond donors (Lipinski definition) is 2. The Morgan fingerprint density at radius 3 is 2.62 bits per heavy atom. The Bertz CT molecular complexity index is 541. The average molecular weight is 292 g/mol. The standard InChI is InChI=1S/C14H20N4O3/c1-17(10-6-3-2-4-7-10)14(19)11-8-5-9-12(16-15)13(11)18(20)21/h5,8-10,16H,2-4,6-7,15H2,1H3. The zero-order chi connectivity index (χ0) is 15.4. The second kappa shape index (κ2) is 6.53. The zero-order valence-electron chi connectivity index (χ0n) is 12.0. The van der Waals surface area contributed by atoms with E-state index in [4.69, 9.17) is 5.84 Å². The van der Waals surface area contributed by atoms with Crippen LogP contribution in [0.25, 0.3) is 0 Å². The molecule has 2 rings (SSSR count). The number of nitrogen functional groups attached to an aromatic ring is 1. The Balaban J connectivity index is 2.32. The summed E-state index contributed by atoms with van der Waals surface area (Å²) in [6.07, 6.45) is 5.27. The number of carbonyl (C=O) groups excluding carboxylic acids is 1. The third-order valence-electron chi connectivity index (χ3n) is 4.05. The second-order valence-electron chi connectivity index (χ2n) is 5.31. The van der Waals surface area contributed by atoms with Crippen molar-refractivity contribution in [2.45, 2.75) is 38.1 Å². The van der Waals surface area contributed by atoms with Crippen molar-refractivity contribution in [2.24, 2.45) is 5.84 Å². The molecule has 0 saturated heterocycles. The van der Waals surface area contributed by atoms with Crippen molar-refractivity contribution < 1.29 is 9.72 Å². The van der Waals surface area contributed by atoms with Crippen LogP contribution in [0.2, 0.25) is 0 Å². The molecule has 1 aromatic carbocycles. The number of anilines is 1. The number of carbonyl (C=O) groups is 1. The smallest absolute Gasteiger partial charge is 0.306 e. The average Bonchev–Trinajstić information content (AvgIpc) is 2.53. The number of nitrogens with zero attached hydrogens (tertiary/aromatic N) is 2. The van der Waals surface area contributed by atoms with Gasteiger partial charge < -0.3 is 10.3 Å². The predicted molar refractivity (Wildman–Crippen MR) is 79.9 cm³/mol. The Kier molecular flexibility index (Phi) is 4.74. The molecule has 0 unspecified atom stereocenters. The Labute approximate surface area is 123 Å². The fourth-order valence-corrected chi connectivity index (χ4v) is 2.85. The van der Waals surface area contributed by atoms with Crippen molar-refractivity contribution in [1.82, 2.24) is 4.90 Å². The second-order valence-corrected chi connectivity index (χ2v) is 5.31. The van der Waals surface area contributed by atoms with E-state index >= 15 is 0 Å². The van der Waals surface area contributed by atoms with Crippen LogP contribution in [0.1, 0.15) is 42.5 Å². The van der Waals surface area contributed by atoms with Gasteiger partial charge >= 0.3 is 5.69 Å². The van der Waals surface area contributed by atoms with E-state index in [9.17, 15) is 14.9 Å². The van der Waals surface area contributed by atoms with Crippen molar-refractivity contribution in [3.05, 3.63) is 33.9 Å². The summed E-state index contributed by atoms with van der Waals surface area (Å²) in [6, 6.07) is 4.70. The van der Waals surface area contributed by atoms with Gasteiger partial charge in [0.2, 0.25) is 0 Å². The number of hydrogen-bond acceptors (Lipinski definition) is 5. The molecule has 7 nitrogen and oxygen atoms in total. The van der Waals surface area contributed by atoms with Crippen LogP contribution in [0.15, 0.2) is 18.2 Å². The van der Waals surface area contributed by atoms with Crippen LogP contribution in [0.5, 0.6) is 0 Å². The third-order valence-corrected chi connectivity index (χ3v) is 4.05. The van der Waals surface area contributed by atoms with Gasteiger partial charge in [-0.15, -0.1) is 0 Å². The molecule has 0 aliphatic heterocycles. The summed E-state index contributed by atoms with van der Waals surface area (Å²) in [5.41, 5.74) is 2.22. The molecule has 0 bridgehead atoms. The van der Waals surface area contributed by atoms with Crippen molar-refractivity contribution in [1.29, 1.82) is 0 Å². The minimum Gasteiger partial charge on any atom is -0.339 e. The minimum absolute atomic E-state index is 0.0727. The van der Waals surface area contributed by atoms with E-state index in [1.807, 2.05) is 0 Å². The summed E-state index contributed by atoms with van der Waals surface area (Å²) < 4.78 is 0. The predicted octanol–water partition coefficient (Wildman–Crippen LogP) is 2.29. The quantitative estimate of drug-likeness (QED) is 0.503. The van der Waals surface area contributed by atoms with Gasteiger partial charge in [0.25, 0.3) is 5.91 Å². The molecule has 21 heavy (non-hydrogen) atoms. The van der Waals surface area contributed by atoms with Crippen LogP contribution >= 0.6 is 0 Å². The van der Waals surface area contributed by atoms with E-state index < -0.39 is 4.92 Å². The van der Waals surface area contributed by atoms with E-state index in [1.165, 1.54) is 18.6 Å². The Morgan fingerprint density at radius 1 is 1.38 bits per heavy atom. The fraction of sp³-hybridized carbons (Fsp3) is 0.500. The number of rotatable bonds is 4. The molecule has 114 valence electrons. The van der Waals surface area contributed by atoms with Crippen LogP contribution in [0, 0.1) is 10.1 Å². The van der Waals surface area contributed by atoms with Gasteiger partial charge in [-0.05, 0) is 25.0 Å². The lowest BCUT2D eigenvalue weighted by molar-refractivity contribution is -0.384. The van der Waals surface area contributed by atoms with Gasteiger partial charge in [-0.2, -0.15) is 0 Å². The van der Waals surface area contributed by atoms with Crippen molar-refractivity contribution in [2.75, 3.05) is 12.5 Å². The number of para-hydroxylation sites is 1. The molecule has 1 aliphatic rings. The maximum absolute atomic E-state index is 12.6. The molecule has 7 heteroatoms. The zero-order valence-corrected chi connectivity index (χ0v) is 12.0. The highest BCUT2D eigenvalue weighted by atomic mass is 16.6. The SMILES string of the molecule is CN(C(=O)c1cccc(NN)c1[N+](=O)[O-])C1CCCCC1. The lowest BCUT2D eigenvalue weighted by Crippen LogP contribution is -2.38. The molecular weight excluding hydrogens is 272 g/mol. The summed E-state index contributed by atoms with van der Waals surface area (Å²) in [6.45, 7) is 0. The molecule has 3 N–H and O–H groups in total. The summed E-state index contributed by atoms with van der Waals surface area (Å²) in [4.78, 5) is 24.9. The van der Waals surface area contributed by atoms with Gasteiger partial charge in [0.1, 0.15) is 11.3 Å². The molecule has 0 heterocycles. The largest absolute Gasteiger partial charge is 0.339 e. The van der Waals surface area contributed by atoms with Gasteiger partial charge in [0, 0.05) is 13.1 Å². The van der Waals surface area contributed by atoms with Gasteiger partial charge in [0.15, 0.2) is 0 Å². The molecule has 1 saturated carbocycles. The number of nitro groups is 1. The van der Waals surface area contributed by atoms with Crippen molar-refractivity contribution >= 4 is 17.3 Å². The number of nitrogens with two attached hydrogens (primary N) is 1. The first kappa shape index (κ1) is 15.2. The molecule has 1 aromatic rings. The van der Waals surface area contributed by atoms with Crippen LogP contribution in [0.4, 0.5) is 11.4 Å². The van der Waals surface area contributed by atoms with Crippen LogP contribution in [0.3, 0.4) is 0 Å². The Hall–Kier alpha value is -2.15. The maximum atomic E-state index is 12.6. The highest BCUT2D eigenvalue weighted by molar-refractivity contribution is 6.00. The molecule has 0 spiro atoms. The van der Waals surface area contributed by atoms with Gasteiger partial charge in [-0.3, -0.25) is 20.8 Å². The lowest BCUT2D eigenvalue weighted by atomic mass is 9.94. The first-order valence-electron chi connectivity index (χ1n) is 7.07. The number of hydrazine groups is 1. The summed E-state index contributed by atoms with van der Waals surface area (Å²) in [5.74, 6) is 4.97. The molecule has 1 amide bonds. The molecule has 0 atom stereocenters. The van der Waals surface area contributed by atoms with Crippen molar-refractivity contribution in [3.63, 3.8) is 0 Å². The number of amides is 1. The summed E-state index contributed by atoms with van der Waals surface area (Å²) >= 11 is 0. The first-order chi connectivity index (χ1) is 10.1.